The Morgan fingerprint density at radius 3 is 2.30 bits per heavy atom. The average Bonchev–Trinajstić information content (AvgIpc) is 2.65. The van der Waals surface area contributed by atoms with Gasteiger partial charge in [0.25, 0.3) is 0 Å². The van der Waals surface area contributed by atoms with Crippen LogP contribution in [0.15, 0.2) is 39.3 Å². The number of halogens is 2. The highest BCUT2D eigenvalue weighted by Gasteiger charge is 2.14. The van der Waals surface area contributed by atoms with Gasteiger partial charge in [-0.25, -0.2) is 4.98 Å². The van der Waals surface area contributed by atoms with Gasteiger partial charge in [-0.1, -0.05) is 31.9 Å². The second-order valence-corrected chi connectivity index (χ2v) is 6.66. The van der Waals surface area contributed by atoms with Crippen LogP contribution in [0.1, 0.15) is 11.1 Å². The summed E-state index contributed by atoms with van der Waals surface area (Å²) in [6, 6.07) is 10.2. The zero-order valence-corrected chi connectivity index (χ0v) is 14.3. The lowest BCUT2D eigenvalue weighted by Gasteiger charge is -2.14. The molecule has 5 heteroatoms. The maximum Gasteiger partial charge on any atom is 0.205 e. The molecule has 0 spiro atoms. The third-order valence-electron chi connectivity index (χ3n) is 3.32. The van der Waals surface area contributed by atoms with Crippen molar-refractivity contribution in [2.75, 3.05) is 5.73 Å². The second-order valence-electron chi connectivity index (χ2n) is 4.83. The number of nitrogens with two attached hydrogens (primary N) is 1. The van der Waals surface area contributed by atoms with Gasteiger partial charge in [0.1, 0.15) is 0 Å². The average molecular weight is 395 g/mol. The van der Waals surface area contributed by atoms with Crippen LogP contribution in [0.4, 0.5) is 5.95 Å². The van der Waals surface area contributed by atoms with Crippen LogP contribution in [0.3, 0.4) is 0 Å². The summed E-state index contributed by atoms with van der Waals surface area (Å²) in [5, 5.41) is 0. The minimum Gasteiger partial charge on any atom is -0.369 e. The Bertz CT molecular complexity index is 798. The van der Waals surface area contributed by atoms with Crippen molar-refractivity contribution in [3.05, 3.63) is 50.4 Å². The zero-order chi connectivity index (χ0) is 14.4. The summed E-state index contributed by atoms with van der Waals surface area (Å²) >= 11 is 7.03. The van der Waals surface area contributed by atoms with Gasteiger partial charge in [0.15, 0.2) is 0 Å². The third-order valence-corrected chi connectivity index (χ3v) is 4.27. The highest BCUT2D eigenvalue weighted by atomic mass is 79.9. The van der Waals surface area contributed by atoms with E-state index in [1.165, 1.54) is 0 Å². The molecule has 0 aliphatic carbocycles. The Morgan fingerprint density at radius 1 is 1.00 bits per heavy atom. The predicted octanol–water partition coefficient (Wildman–Crippen LogP) is 4.75. The van der Waals surface area contributed by atoms with Crippen molar-refractivity contribution in [3.8, 4) is 5.69 Å². The van der Waals surface area contributed by atoms with Crippen molar-refractivity contribution in [1.82, 2.24) is 9.55 Å². The van der Waals surface area contributed by atoms with E-state index in [9.17, 15) is 0 Å². The van der Waals surface area contributed by atoms with E-state index in [1.54, 1.807) is 0 Å². The summed E-state index contributed by atoms with van der Waals surface area (Å²) in [6.45, 7) is 4.16. The van der Waals surface area contributed by atoms with Gasteiger partial charge >= 0.3 is 0 Å². The van der Waals surface area contributed by atoms with E-state index < -0.39 is 0 Å². The van der Waals surface area contributed by atoms with Crippen LogP contribution in [0.2, 0.25) is 0 Å². The van der Waals surface area contributed by atoms with E-state index in [0.717, 1.165) is 36.8 Å². The topological polar surface area (TPSA) is 43.8 Å². The Morgan fingerprint density at radius 2 is 1.65 bits per heavy atom. The molecule has 0 saturated heterocycles. The molecule has 0 bridgehead atoms. The largest absolute Gasteiger partial charge is 0.369 e. The van der Waals surface area contributed by atoms with Gasteiger partial charge in [0.05, 0.1) is 16.7 Å². The molecule has 0 fully saturated rings. The van der Waals surface area contributed by atoms with E-state index >= 15 is 0 Å². The van der Waals surface area contributed by atoms with Gasteiger partial charge in [-0.3, -0.25) is 4.57 Å². The number of aryl methyl sites for hydroxylation is 2. The molecule has 0 saturated carbocycles. The molecular formula is C15H13Br2N3. The molecule has 0 aliphatic heterocycles. The number of benzene rings is 2. The maximum absolute atomic E-state index is 6.14. The highest BCUT2D eigenvalue weighted by Crippen LogP contribution is 2.31. The fraction of sp³-hybridized carbons (Fsp3) is 0.133. The number of nitrogens with zero attached hydrogens (tertiary/aromatic N) is 2. The van der Waals surface area contributed by atoms with Gasteiger partial charge in [-0.05, 0) is 55.3 Å². The first kappa shape index (κ1) is 13.6. The molecule has 3 nitrogen and oxygen atoms in total. The van der Waals surface area contributed by atoms with Crippen LogP contribution >= 0.6 is 31.9 Å². The first-order valence-corrected chi connectivity index (χ1v) is 7.76. The summed E-state index contributed by atoms with van der Waals surface area (Å²) in [5.74, 6) is 0.506. The number of rotatable bonds is 1. The Balaban J connectivity index is 2.40. The van der Waals surface area contributed by atoms with Crippen LogP contribution in [0.25, 0.3) is 16.7 Å². The van der Waals surface area contributed by atoms with E-state index in [2.05, 4.69) is 62.8 Å². The zero-order valence-electron chi connectivity index (χ0n) is 11.1. The first-order valence-electron chi connectivity index (χ1n) is 6.18. The number of hydrogen-bond acceptors (Lipinski definition) is 2. The monoisotopic (exact) mass is 393 g/mol. The molecule has 0 amide bonds. The minimum absolute atomic E-state index is 0.506. The smallest absolute Gasteiger partial charge is 0.205 e. The molecule has 0 aliphatic rings. The number of anilines is 1. The number of aromatic nitrogens is 2. The van der Waals surface area contributed by atoms with E-state index in [-0.39, 0.29) is 0 Å². The standard InChI is InChI=1S/C15H13Br2N3/c1-8-5-11(17)6-9(2)14(8)20-13-7-10(16)3-4-12(13)19-15(20)18/h3-7H,1-2H3,(H2,18,19). The third kappa shape index (κ3) is 2.15. The van der Waals surface area contributed by atoms with Crippen molar-refractivity contribution >= 4 is 48.8 Å². The molecular weight excluding hydrogens is 382 g/mol. The molecule has 3 rings (SSSR count). The number of imidazole rings is 1. The van der Waals surface area contributed by atoms with E-state index in [4.69, 9.17) is 5.73 Å². The summed E-state index contributed by atoms with van der Waals surface area (Å²) in [4.78, 5) is 4.44. The Labute approximate surface area is 134 Å². The van der Waals surface area contributed by atoms with Crippen LogP contribution in [-0.4, -0.2) is 9.55 Å². The number of nitrogen functional groups attached to an aromatic ring is 1. The summed E-state index contributed by atoms with van der Waals surface area (Å²) < 4.78 is 4.09. The van der Waals surface area contributed by atoms with Gasteiger partial charge in [-0.2, -0.15) is 0 Å². The molecule has 1 aromatic heterocycles. The first-order chi connectivity index (χ1) is 9.47. The van der Waals surface area contributed by atoms with Crippen LogP contribution < -0.4 is 5.73 Å². The highest BCUT2D eigenvalue weighted by molar-refractivity contribution is 9.10. The quantitative estimate of drug-likeness (QED) is 0.647. The maximum atomic E-state index is 6.14. The van der Waals surface area contributed by atoms with Gasteiger partial charge < -0.3 is 5.73 Å². The van der Waals surface area contributed by atoms with Crippen molar-refractivity contribution < 1.29 is 0 Å². The Kier molecular flexibility index (Phi) is 3.34. The predicted molar refractivity (Wildman–Crippen MR) is 90.4 cm³/mol. The Hall–Kier alpha value is -1.33. The summed E-state index contributed by atoms with van der Waals surface area (Å²) in [6.07, 6.45) is 0. The fourth-order valence-electron chi connectivity index (χ4n) is 2.56. The summed E-state index contributed by atoms with van der Waals surface area (Å²) in [5.41, 5.74) is 11.4. The molecule has 20 heavy (non-hydrogen) atoms. The fourth-order valence-corrected chi connectivity index (χ4v) is 3.59. The van der Waals surface area contributed by atoms with Gasteiger partial charge in [0.2, 0.25) is 5.95 Å². The SMILES string of the molecule is Cc1cc(Br)cc(C)c1-n1c(N)nc2ccc(Br)cc21. The van der Waals surface area contributed by atoms with Gasteiger partial charge in [-0.15, -0.1) is 0 Å². The molecule has 0 unspecified atom stereocenters. The normalized spacial score (nSPS) is 11.2. The van der Waals surface area contributed by atoms with Crippen molar-refractivity contribution in [3.63, 3.8) is 0 Å². The minimum atomic E-state index is 0.506. The molecule has 2 aromatic carbocycles. The second kappa shape index (κ2) is 4.90. The van der Waals surface area contributed by atoms with Crippen molar-refractivity contribution in [2.24, 2.45) is 0 Å². The lowest BCUT2D eigenvalue weighted by molar-refractivity contribution is 1.07. The van der Waals surface area contributed by atoms with E-state index in [1.807, 2.05) is 22.8 Å². The molecule has 2 N–H and O–H groups in total. The number of fused-ring (bicyclic) bond motifs is 1. The molecule has 0 radical (unpaired) electrons. The van der Waals surface area contributed by atoms with Crippen molar-refractivity contribution in [2.45, 2.75) is 13.8 Å². The van der Waals surface area contributed by atoms with E-state index in [0.29, 0.717) is 5.95 Å². The van der Waals surface area contributed by atoms with Crippen LogP contribution in [0, 0.1) is 13.8 Å². The molecule has 0 atom stereocenters. The summed E-state index contributed by atoms with van der Waals surface area (Å²) in [7, 11) is 0. The number of hydrogen-bond donors (Lipinski definition) is 1. The van der Waals surface area contributed by atoms with Crippen LogP contribution in [0.5, 0.6) is 0 Å². The van der Waals surface area contributed by atoms with Crippen molar-refractivity contribution in [1.29, 1.82) is 0 Å². The molecule has 1 heterocycles. The molecule has 102 valence electrons. The van der Waals surface area contributed by atoms with Crippen LogP contribution in [-0.2, 0) is 0 Å². The molecule has 3 aromatic rings. The lowest BCUT2D eigenvalue weighted by Crippen LogP contribution is -2.04. The van der Waals surface area contributed by atoms with Gasteiger partial charge in [0, 0.05) is 8.95 Å². The lowest BCUT2D eigenvalue weighted by atomic mass is 10.1.